The SMILES string of the molecule is COc1cccc(CN(CCCl)C(C)C)c1. The molecule has 16 heavy (non-hydrogen) atoms. The number of hydrogen-bond donors (Lipinski definition) is 0. The summed E-state index contributed by atoms with van der Waals surface area (Å²) in [6, 6.07) is 8.68. The fourth-order valence-electron chi connectivity index (χ4n) is 1.63. The van der Waals surface area contributed by atoms with Crippen LogP contribution in [-0.2, 0) is 6.54 Å². The molecule has 0 radical (unpaired) electrons. The summed E-state index contributed by atoms with van der Waals surface area (Å²) in [4.78, 5) is 2.35. The van der Waals surface area contributed by atoms with E-state index in [1.807, 2.05) is 12.1 Å². The molecule has 1 aromatic rings. The highest BCUT2D eigenvalue weighted by atomic mass is 35.5. The number of ether oxygens (including phenoxy) is 1. The smallest absolute Gasteiger partial charge is 0.119 e. The normalized spacial score (nSPS) is 11.1. The molecule has 0 aromatic heterocycles. The third-order valence-corrected chi connectivity index (χ3v) is 2.79. The first kappa shape index (κ1) is 13.3. The lowest BCUT2D eigenvalue weighted by molar-refractivity contribution is 0.226. The number of alkyl halides is 1. The van der Waals surface area contributed by atoms with Gasteiger partial charge >= 0.3 is 0 Å². The molecule has 0 fully saturated rings. The molecule has 0 amide bonds. The largest absolute Gasteiger partial charge is 0.497 e. The van der Waals surface area contributed by atoms with Crippen LogP contribution in [0.25, 0.3) is 0 Å². The Bertz CT molecular complexity index is 315. The fourth-order valence-corrected chi connectivity index (χ4v) is 1.85. The van der Waals surface area contributed by atoms with E-state index < -0.39 is 0 Å². The van der Waals surface area contributed by atoms with Crippen LogP contribution in [0.4, 0.5) is 0 Å². The third kappa shape index (κ3) is 4.03. The van der Waals surface area contributed by atoms with E-state index in [-0.39, 0.29) is 0 Å². The minimum Gasteiger partial charge on any atom is -0.497 e. The molecular weight excluding hydrogens is 222 g/mol. The Morgan fingerprint density at radius 2 is 2.12 bits per heavy atom. The maximum Gasteiger partial charge on any atom is 0.119 e. The van der Waals surface area contributed by atoms with Gasteiger partial charge < -0.3 is 4.74 Å². The first-order chi connectivity index (χ1) is 7.67. The number of benzene rings is 1. The van der Waals surface area contributed by atoms with Crippen molar-refractivity contribution < 1.29 is 4.74 Å². The molecule has 3 heteroatoms. The molecule has 0 heterocycles. The van der Waals surface area contributed by atoms with Gasteiger partial charge in [-0.3, -0.25) is 4.90 Å². The summed E-state index contributed by atoms with van der Waals surface area (Å²) < 4.78 is 5.21. The molecule has 1 aromatic carbocycles. The van der Waals surface area contributed by atoms with E-state index >= 15 is 0 Å². The zero-order chi connectivity index (χ0) is 12.0. The lowest BCUT2D eigenvalue weighted by Gasteiger charge is -2.25. The van der Waals surface area contributed by atoms with Crippen LogP contribution in [0, 0.1) is 0 Å². The summed E-state index contributed by atoms with van der Waals surface area (Å²) >= 11 is 5.80. The van der Waals surface area contributed by atoms with Gasteiger partial charge in [-0.1, -0.05) is 12.1 Å². The third-order valence-electron chi connectivity index (χ3n) is 2.62. The molecule has 1 rings (SSSR count). The highest BCUT2D eigenvalue weighted by Crippen LogP contribution is 2.15. The first-order valence-corrected chi connectivity index (χ1v) is 6.13. The Labute approximate surface area is 103 Å². The molecule has 0 aliphatic carbocycles. The molecule has 0 saturated heterocycles. The molecule has 2 nitrogen and oxygen atoms in total. The van der Waals surface area contributed by atoms with E-state index in [9.17, 15) is 0 Å². The fraction of sp³-hybridized carbons (Fsp3) is 0.538. The van der Waals surface area contributed by atoms with Crippen molar-refractivity contribution in [3.05, 3.63) is 29.8 Å². The van der Waals surface area contributed by atoms with Gasteiger partial charge in [0, 0.05) is 25.0 Å². The van der Waals surface area contributed by atoms with Crippen LogP contribution in [-0.4, -0.2) is 30.5 Å². The molecule has 90 valence electrons. The van der Waals surface area contributed by atoms with E-state index in [0.29, 0.717) is 11.9 Å². The topological polar surface area (TPSA) is 12.5 Å². The maximum absolute atomic E-state index is 5.80. The molecule has 0 N–H and O–H groups in total. The lowest BCUT2D eigenvalue weighted by Crippen LogP contribution is -2.32. The van der Waals surface area contributed by atoms with Crippen molar-refractivity contribution in [3.63, 3.8) is 0 Å². The average molecular weight is 242 g/mol. The molecule has 0 spiro atoms. The van der Waals surface area contributed by atoms with Crippen molar-refractivity contribution >= 4 is 11.6 Å². The number of rotatable bonds is 6. The van der Waals surface area contributed by atoms with E-state index in [4.69, 9.17) is 16.3 Å². The zero-order valence-electron chi connectivity index (χ0n) is 10.2. The molecule has 0 saturated carbocycles. The Hall–Kier alpha value is -0.730. The second kappa shape index (κ2) is 6.77. The Morgan fingerprint density at radius 3 is 2.69 bits per heavy atom. The Kier molecular flexibility index (Phi) is 5.64. The van der Waals surface area contributed by atoms with Crippen molar-refractivity contribution in [1.29, 1.82) is 0 Å². The number of nitrogens with zero attached hydrogens (tertiary/aromatic N) is 1. The van der Waals surface area contributed by atoms with Crippen LogP contribution < -0.4 is 4.74 Å². The molecular formula is C13H20ClNO. The average Bonchev–Trinajstić information content (AvgIpc) is 2.28. The summed E-state index contributed by atoms with van der Waals surface area (Å²) in [6.45, 7) is 6.21. The van der Waals surface area contributed by atoms with Gasteiger partial charge in [0.25, 0.3) is 0 Å². The molecule has 0 unspecified atom stereocenters. The highest BCUT2D eigenvalue weighted by Gasteiger charge is 2.09. The summed E-state index contributed by atoms with van der Waals surface area (Å²) in [6.07, 6.45) is 0. The Morgan fingerprint density at radius 1 is 1.38 bits per heavy atom. The summed E-state index contributed by atoms with van der Waals surface area (Å²) in [5, 5.41) is 0. The van der Waals surface area contributed by atoms with Crippen molar-refractivity contribution in [2.45, 2.75) is 26.4 Å². The van der Waals surface area contributed by atoms with Crippen LogP contribution in [0.5, 0.6) is 5.75 Å². The van der Waals surface area contributed by atoms with Gasteiger partial charge in [-0.2, -0.15) is 0 Å². The minimum absolute atomic E-state index is 0.505. The first-order valence-electron chi connectivity index (χ1n) is 5.60. The van der Waals surface area contributed by atoms with Crippen molar-refractivity contribution in [2.75, 3.05) is 19.5 Å². The van der Waals surface area contributed by atoms with Crippen LogP contribution in [0.15, 0.2) is 24.3 Å². The number of halogens is 1. The van der Waals surface area contributed by atoms with Crippen LogP contribution >= 0.6 is 11.6 Å². The van der Waals surface area contributed by atoms with E-state index in [1.54, 1.807) is 7.11 Å². The van der Waals surface area contributed by atoms with Crippen molar-refractivity contribution in [2.24, 2.45) is 0 Å². The minimum atomic E-state index is 0.505. The summed E-state index contributed by atoms with van der Waals surface area (Å²) in [7, 11) is 1.69. The second-order valence-electron chi connectivity index (χ2n) is 4.10. The molecule has 0 aliphatic heterocycles. The standard InChI is InChI=1S/C13H20ClNO/c1-11(2)15(8-7-14)10-12-5-4-6-13(9-12)16-3/h4-6,9,11H,7-8,10H2,1-3H3. The molecule has 0 atom stereocenters. The number of hydrogen-bond acceptors (Lipinski definition) is 2. The van der Waals surface area contributed by atoms with Crippen LogP contribution in [0.2, 0.25) is 0 Å². The molecule has 0 aliphatic rings. The summed E-state index contributed by atoms with van der Waals surface area (Å²) in [5.74, 6) is 1.58. The second-order valence-corrected chi connectivity index (χ2v) is 4.48. The number of methoxy groups -OCH3 is 1. The van der Waals surface area contributed by atoms with Crippen LogP contribution in [0.1, 0.15) is 19.4 Å². The quantitative estimate of drug-likeness (QED) is 0.710. The van der Waals surface area contributed by atoms with E-state index in [1.165, 1.54) is 5.56 Å². The van der Waals surface area contributed by atoms with Gasteiger partial charge in [-0.15, -0.1) is 11.6 Å². The van der Waals surface area contributed by atoms with Gasteiger partial charge in [-0.05, 0) is 31.5 Å². The predicted molar refractivity (Wildman–Crippen MR) is 69.3 cm³/mol. The van der Waals surface area contributed by atoms with Crippen LogP contribution in [0.3, 0.4) is 0 Å². The van der Waals surface area contributed by atoms with Crippen molar-refractivity contribution in [3.8, 4) is 5.75 Å². The van der Waals surface area contributed by atoms with Gasteiger partial charge in [0.1, 0.15) is 5.75 Å². The maximum atomic E-state index is 5.80. The van der Waals surface area contributed by atoms with E-state index in [0.717, 1.165) is 18.8 Å². The van der Waals surface area contributed by atoms with Gasteiger partial charge in [0.05, 0.1) is 7.11 Å². The molecule has 0 bridgehead atoms. The monoisotopic (exact) mass is 241 g/mol. The lowest BCUT2D eigenvalue weighted by atomic mass is 10.2. The van der Waals surface area contributed by atoms with E-state index in [2.05, 4.69) is 30.9 Å². The summed E-state index contributed by atoms with van der Waals surface area (Å²) in [5.41, 5.74) is 1.26. The van der Waals surface area contributed by atoms with Crippen molar-refractivity contribution in [1.82, 2.24) is 4.90 Å². The highest BCUT2D eigenvalue weighted by molar-refractivity contribution is 6.18. The predicted octanol–water partition coefficient (Wildman–Crippen LogP) is 3.14. The van der Waals surface area contributed by atoms with Gasteiger partial charge in [0.2, 0.25) is 0 Å². The zero-order valence-corrected chi connectivity index (χ0v) is 11.0. The van der Waals surface area contributed by atoms with Gasteiger partial charge in [-0.25, -0.2) is 0 Å². The Balaban J connectivity index is 2.68. The van der Waals surface area contributed by atoms with Gasteiger partial charge in [0.15, 0.2) is 0 Å².